The minimum atomic E-state index is -1.07. The molecule has 0 fully saturated rings. The second kappa shape index (κ2) is 15.9. The van der Waals surface area contributed by atoms with Crippen LogP contribution in [0.1, 0.15) is 78.1 Å². The highest BCUT2D eigenvalue weighted by Gasteiger charge is 2.29. The first-order chi connectivity index (χ1) is 13.3. The van der Waals surface area contributed by atoms with Crippen LogP contribution in [0.4, 0.5) is 0 Å². The molecule has 0 aliphatic rings. The first-order valence-corrected chi connectivity index (χ1v) is 9.98. The normalized spacial score (nSPS) is 15.1. The zero-order valence-electron chi connectivity index (χ0n) is 16.9. The molecule has 28 heavy (non-hydrogen) atoms. The molecule has 0 aromatic rings. The maximum atomic E-state index is 11.2. The van der Waals surface area contributed by atoms with Crippen molar-refractivity contribution in [2.24, 2.45) is 11.8 Å². The van der Waals surface area contributed by atoms with Gasteiger partial charge in [0.05, 0.1) is 11.8 Å². The van der Waals surface area contributed by atoms with E-state index >= 15 is 0 Å². The molecule has 0 bridgehead atoms. The molecule has 162 valence electrons. The number of carboxylic acid groups (broad SMARTS) is 2. The summed E-state index contributed by atoms with van der Waals surface area (Å²) in [6.45, 7) is 3.86. The third kappa shape index (κ3) is 11.6. The number of ether oxygens (including phenoxy) is 2. The second-order valence-electron chi connectivity index (χ2n) is 7.19. The molecule has 8 heteroatoms. The number of carboxylic acids is 2. The lowest BCUT2D eigenvalue weighted by Crippen LogP contribution is -2.28. The van der Waals surface area contributed by atoms with E-state index in [1.807, 2.05) is 0 Å². The van der Waals surface area contributed by atoms with Gasteiger partial charge in [-0.3, -0.25) is 19.2 Å². The van der Waals surface area contributed by atoms with Crippen LogP contribution < -0.4 is 0 Å². The first-order valence-electron chi connectivity index (χ1n) is 9.98. The number of hydrogen-bond donors (Lipinski definition) is 2. The highest BCUT2D eigenvalue weighted by atomic mass is 16.6. The Bertz CT molecular complexity index is 465. The van der Waals surface area contributed by atoms with E-state index < -0.39 is 36.0 Å². The lowest BCUT2D eigenvalue weighted by atomic mass is 9.89. The number of rotatable bonds is 19. The molecular weight excluding hydrogens is 368 g/mol. The minimum Gasteiger partial charge on any atom is -0.481 e. The summed E-state index contributed by atoms with van der Waals surface area (Å²) in [6, 6.07) is 0. The van der Waals surface area contributed by atoms with Crippen LogP contribution in [-0.4, -0.2) is 47.3 Å². The molecule has 8 nitrogen and oxygen atoms in total. The average Bonchev–Trinajstić information content (AvgIpc) is 2.64. The molecule has 0 amide bonds. The van der Waals surface area contributed by atoms with Crippen molar-refractivity contribution in [2.75, 3.05) is 0 Å². The van der Waals surface area contributed by atoms with E-state index in [1.165, 1.54) is 6.92 Å². The number of aliphatic carboxylic acids is 2. The fraction of sp³-hybridized carbons (Fsp3) is 0.800. The Morgan fingerprint density at radius 2 is 1.21 bits per heavy atom. The molecule has 0 saturated heterocycles. The number of unbranched alkanes of at least 4 members (excludes halogenated alkanes) is 7. The fourth-order valence-electron chi connectivity index (χ4n) is 3.19. The fourth-order valence-corrected chi connectivity index (χ4v) is 3.19. The Morgan fingerprint density at radius 3 is 1.64 bits per heavy atom. The predicted octanol–water partition coefficient (Wildman–Crippen LogP) is 3.41. The van der Waals surface area contributed by atoms with Crippen molar-refractivity contribution in [1.29, 1.82) is 0 Å². The molecule has 0 aliphatic heterocycles. The molecule has 4 unspecified atom stereocenters. The van der Waals surface area contributed by atoms with Crippen LogP contribution in [0.5, 0.6) is 0 Å². The predicted molar refractivity (Wildman–Crippen MR) is 102 cm³/mol. The van der Waals surface area contributed by atoms with Crippen molar-refractivity contribution < 1.29 is 38.9 Å². The van der Waals surface area contributed by atoms with E-state index in [4.69, 9.17) is 19.7 Å². The molecule has 0 aromatic heterocycles. The van der Waals surface area contributed by atoms with Gasteiger partial charge in [-0.25, -0.2) is 0 Å². The number of carbonyl (C=O) groups excluding carboxylic acids is 2. The van der Waals surface area contributed by atoms with Gasteiger partial charge in [-0.2, -0.15) is 0 Å². The van der Waals surface area contributed by atoms with Crippen LogP contribution in [-0.2, 0) is 28.7 Å². The van der Waals surface area contributed by atoms with Crippen molar-refractivity contribution in [1.82, 2.24) is 0 Å². The SMILES string of the molecule is CC(OC=O)C(CCCCCCCCCCC(C(=O)O)C(C)C(=O)O)OC=O. The highest BCUT2D eigenvalue weighted by Crippen LogP contribution is 2.21. The Kier molecular flexibility index (Phi) is 14.7. The zero-order valence-corrected chi connectivity index (χ0v) is 16.9. The maximum Gasteiger partial charge on any atom is 0.307 e. The van der Waals surface area contributed by atoms with E-state index in [0.29, 0.717) is 32.2 Å². The van der Waals surface area contributed by atoms with Crippen molar-refractivity contribution >= 4 is 24.9 Å². The minimum absolute atomic E-state index is 0.354. The first kappa shape index (κ1) is 25.9. The summed E-state index contributed by atoms with van der Waals surface area (Å²) < 4.78 is 9.77. The van der Waals surface area contributed by atoms with Crippen LogP contribution in [0.3, 0.4) is 0 Å². The van der Waals surface area contributed by atoms with Crippen LogP contribution >= 0.6 is 0 Å². The van der Waals surface area contributed by atoms with E-state index in [1.54, 1.807) is 6.92 Å². The van der Waals surface area contributed by atoms with Gasteiger partial charge in [0.25, 0.3) is 12.9 Å². The lowest BCUT2D eigenvalue weighted by molar-refractivity contribution is -0.153. The van der Waals surface area contributed by atoms with Crippen LogP contribution in [0.25, 0.3) is 0 Å². The van der Waals surface area contributed by atoms with Gasteiger partial charge in [0.15, 0.2) is 0 Å². The molecule has 0 spiro atoms. The summed E-state index contributed by atoms with van der Waals surface area (Å²) in [5.74, 6) is -3.81. The molecule has 0 heterocycles. The van der Waals surface area contributed by atoms with E-state index in [0.717, 1.165) is 44.9 Å². The smallest absolute Gasteiger partial charge is 0.307 e. The summed E-state index contributed by atoms with van der Waals surface area (Å²) in [4.78, 5) is 43.0. The van der Waals surface area contributed by atoms with Crippen molar-refractivity contribution in [3.8, 4) is 0 Å². The average molecular weight is 402 g/mol. The molecule has 0 aromatic carbocycles. The largest absolute Gasteiger partial charge is 0.481 e. The Labute approximate surface area is 166 Å². The van der Waals surface area contributed by atoms with Gasteiger partial charge in [-0.05, 0) is 26.2 Å². The second-order valence-corrected chi connectivity index (χ2v) is 7.19. The summed E-state index contributed by atoms with van der Waals surface area (Å²) in [5, 5.41) is 18.1. The summed E-state index contributed by atoms with van der Waals surface area (Å²) >= 11 is 0. The van der Waals surface area contributed by atoms with Crippen LogP contribution in [0.15, 0.2) is 0 Å². The summed E-state index contributed by atoms with van der Waals surface area (Å²) in [5.41, 5.74) is 0. The topological polar surface area (TPSA) is 127 Å². The van der Waals surface area contributed by atoms with E-state index in [-0.39, 0.29) is 0 Å². The monoisotopic (exact) mass is 402 g/mol. The van der Waals surface area contributed by atoms with Gasteiger partial charge < -0.3 is 19.7 Å². The van der Waals surface area contributed by atoms with Gasteiger partial charge in [0.1, 0.15) is 12.2 Å². The Hall–Kier alpha value is -2.12. The number of carbonyl (C=O) groups is 4. The highest BCUT2D eigenvalue weighted by molar-refractivity contribution is 5.79. The summed E-state index contributed by atoms with van der Waals surface area (Å²) in [6.07, 6.45) is 7.79. The third-order valence-corrected chi connectivity index (χ3v) is 5.09. The molecule has 0 saturated carbocycles. The Morgan fingerprint density at radius 1 is 0.750 bits per heavy atom. The van der Waals surface area contributed by atoms with Gasteiger partial charge >= 0.3 is 11.9 Å². The van der Waals surface area contributed by atoms with Crippen molar-refractivity contribution in [3.05, 3.63) is 0 Å². The summed E-state index contributed by atoms with van der Waals surface area (Å²) in [7, 11) is 0. The van der Waals surface area contributed by atoms with E-state index in [9.17, 15) is 19.2 Å². The van der Waals surface area contributed by atoms with Gasteiger partial charge in [-0.15, -0.1) is 0 Å². The molecule has 4 atom stereocenters. The number of hydrogen-bond acceptors (Lipinski definition) is 6. The standard InChI is InChI=1S/C20H34O8/c1-15(19(23)24)17(20(25)26)11-9-7-5-3-4-6-8-10-12-18(28-14-22)16(2)27-13-21/h13-18H,3-12H2,1-2H3,(H,23,24)(H,25,26). The van der Waals surface area contributed by atoms with Gasteiger partial charge in [0, 0.05) is 0 Å². The van der Waals surface area contributed by atoms with Crippen molar-refractivity contribution in [3.63, 3.8) is 0 Å². The molecule has 0 aliphatic carbocycles. The molecule has 0 rings (SSSR count). The van der Waals surface area contributed by atoms with Crippen LogP contribution in [0.2, 0.25) is 0 Å². The Balaban J connectivity index is 3.78. The molecule has 2 N–H and O–H groups in total. The van der Waals surface area contributed by atoms with E-state index in [2.05, 4.69) is 0 Å². The van der Waals surface area contributed by atoms with Crippen LogP contribution in [0, 0.1) is 11.8 Å². The zero-order chi connectivity index (χ0) is 21.4. The maximum absolute atomic E-state index is 11.2. The van der Waals surface area contributed by atoms with Gasteiger partial charge in [-0.1, -0.05) is 51.9 Å². The molecule has 0 radical (unpaired) electrons. The molecular formula is C20H34O8. The van der Waals surface area contributed by atoms with Gasteiger partial charge in [0.2, 0.25) is 0 Å². The lowest BCUT2D eigenvalue weighted by Gasteiger charge is -2.20. The quantitative estimate of drug-likeness (QED) is 0.248. The third-order valence-electron chi connectivity index (χ3n) is 5.09. The van der Waals surface area contributed by atoms with Crippen molar-refractivity contribution in [2.45, 2.75) is 90.3 Å².